The predicted molar refractivity (Wildman–Crippen MR) is 80.1 cm³/mol. The molecule has 0 aliphatic carbocycles. The Balaban J connectivity index is 0.000000178. The van der Waals surface area contributed by atoms with E-state index in [2.05, 4.69) is 22.2 Å². The smallest absolute Gasteiger partial charge is 0.137 e. The molecule has 0 radical (unpaired) electrons. The number of aromatic nitrogens is 2. The number of benzene rings is 2. The number of nitrogens with one attached hydrogen (secondary N) is 1. The van der Waals surface area contributed by atoms with E-state index in [1.807, 2.05) is 24.3 Å². The largest absolute Gasteiger partial charge is 0.370 e. The summed E-state index contributed by atoms with van der Waals surface area (Å²) in [4.78, 5) is 8.35. The lowest BCUT2D eigenvalue weighted by molar-refractivity contribution is 0.628. The van der Waals surface area contributed by atoms with Crippen molar-refractivity contribution in [1.82, 2.24) is 9.97 Å². The molecule has 0 saturated carbocycles. The molecule has 102 valence electrons. The second-order valence-electron chi connectivity index (χ2n) is 4.07. The van der Waals surface area contributed by atoms with Crippen molar-refractivity contribution < 1.29 is 4.39 Å². The van der Waals surface area contributed by atoms with Crippen molar-refractivity contribution in [3.05, 3.63) is 66.7 Å². The van der Waals surface area contributed by atoms with Gasteiger partial charge in [0.1, 0.15) is 18.0 Å². The minimum atomic E-state index is -0.178. The lowest BCUT2D eigenvalue weighted by Crippen LogP contribution is -2.00. The van der Waals surface area contributed by atoms with E-state index >= 15 is 0 Å². The second kappa shape index (κ2) is 7.19. The van der Waals surface area contributed by atoms with Gasteiger partial charge in [-0.3, -0.25) is 0 Å². The molecule has 0 saturated heterocycles. The van der Waals surface area contributed by atoms with Gasteiger partial charge in [0, 0.05) is 11.9 Å². The molecule has 3 rings (SSSR count). The molecule has 1 N–H and O–H groups in total. The van der Waals surface area contributed by atoms with E-state index in [0.29, 0.717) is 0 Å². The van der Waals surface area contributed by atoms with Crippen LogP contribution < -0.4 is 5.32 Å². The van der Waals surface area contributed by atoms with Gasteiger partial charge in [0.2, 0.25) is 0 Å². The molecular formula is C16H16FN3. The lowest BCUT2D eigenvalue weighted by Gasteiger charge is -2.04. The summed E-state index contributed by atoms with van der Waals surface area (Å²) in [6.45, 7) is 2.93. The molecule has 20 heavy (non-hydrogen) atoms. The Labute approximate surface area is 117 Å². The summed E-state index contributed by atoms with van der Waals surface area (Å²) in [6.07, 6.45) is 1.58. The molecule has 0 aliphatic heterocycles. The normalized spacial score (nSPS) is 9.70. The highest BCUT2D eigenvalue weighted by atomic mass is 19.1. The molecule has 0 aliphatic rings. The second-order valence-corrected chi connectivity index (χ2v) is 4.07. The van der Waals surface area contributed by atoms with E-state index in [1.54, 1.807) is 24.5 Å². The van der Waals surface area contributed by atoms with E-state index < -0.39 is 0 Å². The van der Waals surface area contributed by atoms with Gasteiger partial charge >= 0.3 is 0 Å². The Kier molecular flexibility index (Phi) is 5.00. The quantitative estimate of drug-likeness (QED) is 0.767. The third-order valence-corrected chi connectivity index (χ3v) is 2.62. The topological polar surface area (TPSA) is 37.8 Å². The SMILES string of the molecule is CCNc1ncnc2ccccc12.Fc1ccccc1. The van der Waals surface area contributed by atoms with Crippen molar-refractivity contribution in [2.45, 2.75) is 6.92 Å². The fourth-order valence-electron chi connectivity index (χ4n) is 1.73. The molecule has 1 heterocycles. The van der Waals surface area contributed by atoms with Crippen LogP contribution in [-0.4, -0.2) is 16.5 Å². The maximum Gasteiger partial charge on any atom is 0.137 e. The highest BCUT2D eigenvalue weighted by Gasteiger charge is 1.99. The van der Waals surface area contributed by atoms with E-state index in [0.717, 1.165) is 23.3 Å². The van der Waals surface area contributed by atoms with Crippen LogP contribution in [0.2, 0.25) is 0 Å². The zero-order valence-corrected chi connectivity index (χ0v) is 11.3. The van der Waals surface area contributed by atoms with Crippen molar-refractivity contribution >= 4 is 16.7 Å². The summed E-state index contributed by atoms with van der Waals surface area (Å²) in [5, 5.41) is 4.28. The Morgan fingerprint density at radius 1 is 0.950 bits per heavy atom. The van der Waals surface area contributed by atoms with Crippen molar-refractivity contribution in [1.29, 1.82) is 0 Å². The average molecular weight is 269 g/mol. The average Bonchev–Trinajstić information content (AvgIpc) is 2.49. The van der Waals surface area contributed by atoms with Crippen LogP contribution in [0.5, 0.6) is 0 Å². The monoisotopic (exact) mass is 269 g/mol. The molecule has 4 heteroatoms. The van der Waals surface area contributed by atoms with Crippen LogP contribution >= 0.6 is 0 Å². The van der Waals surface area contributed by atoms with Crippen molar-refractivity contribution in [3.63, 3.8) is 0 Å². The third-order valence-electron chi connectivity index (χ3n) is 2.62. The van der Waals surface area contributed by atoms with Crippen molar-refractivity contribution in [2.75, 3.05) is 11.9 Å². The van der Waals surface area contributed by atoms with Gasteiger partial charge in [-0.1, -0.05) is 30.3 Å². The highest BCUT2D eigenvalue weighted by Crippen LogP contribution is 2.17. The van der Waals surface area contributed by atoms with E-state index in [4.69, 9.17) is 0 Å². The van der Waals surface area contributed by atoms with Crippen LogP contribution in [0.3, 0.4) is 0 Å². The van der Waals surface area contributed by atoms with Gasteiger partial charge in [0.05, 0.1) is 5.52 Å². The van der Waals surface area contributed by atoms with Crippen molar-refractivity contribution in [3.8, 4) is 0 Å². The molecule has 0 fully saturated rings. The number of hydrogen-bond donors (Lipinski definition) is 1. The standard InChI is InChI=1S/C10H11N3.C6H5F/c1-2-11-10-8-5-3-4-6-9(8)12-7-13-10;7-6-4-2-1-3-5-6/h3-7H,2H2,1H3,(H,11,12,13);1-5H. The molecule has 3 aromatic rings. The fraction of sp³-hybridized carbons (Fsp3) is 0.125. The van der Waals surface area contributed by atoms with Gasteiger partial charge in [-0.2, -0.15) is 0 Å². The molecule has 0 unspecified atom stereocenters. The first-order valence-electron chi connectivity index (χ1n) is 6.45. The van der Waals surface area contributed by atoms with Crippen LogP contribution in [0.1, 0.15) is 6.92 Å². The number of fused-ring (bicyclic) bond motifs is 1. The first-order valence-corrected chi connectivity index (χ1v) is 6.45. The van der Waals surface area contributed by atoms with Crippen LogP contribution in [0.4, 0.5) is 10.2 Å². The Morgan fingerprint density at radius 3 is 2.30 bits per heavy atom. The molecule has 3 nitrogen and oxygen atoms in total. The van der Waals surface area contributed by atoms with Crippen molar-refractivity contribution in [2.24, 2.45) is 0 Å². The van der Waals surface area contributed by atoms with Crippen LogP contribution in [-0.2, 0) is 0 Å². The molecule has 0 atom stereocenters. The first-order chi connectivity index (χ1) is 9.81. The molecule has 0 bridgehead atoms. The minimum absolute atomic E-state index is 0.178. The predicted octanol–water partition coefficient (Wildman–Crippen LogP) is 3.89. The molecule has 2 aromatic carbocycles. The van der Waals surface area contributed by atoms with Gasteiger partial charge in [-0.25, -0.2) is 14.4 Å². The van der Waals surface area contributed by atoms with Gasteiger partial charge in [0.15, 0.2) is 0 Å². The summed E-state index contributed by atoms with van der Waals surface area (Å²) in [5.74, 6) is 0.732. The van der Waals surface area contributed by atoms with E-state index in [-0.39, 0.29) is 5.82 Å². The van der Waals surface area contributed by atoms with Gasteiger partial charge in [0.25, 0.3) is 0 Å². The molecular weight excluding hydrogens is 253 g/mol. The number of hydrogen-bond acceptors (Lipinski definition) is 3. The number of rotatable bonds is 2. The summed E-state index contributed by atoms with van der Waals surface area (Å²) in [5.41, 5.74) is 0.980. The number of anilines is 1. The Hall–Kier alpha value is -2.49. The third kappa shape index (κ3) is 3.75. The molecule has 1 aromatic heterocycles. The Bertz CT molecular complexity index is 651. The fourth-order valence-corrected chi connectivity index (χ4v) is 1.73. The lowest BCUT2D eigenvalue weighted by atomic mass is 10.2. The van der Waals surface area contributed by atoms with Gasteiger partial charge in [-0.15, -0.1) is 0 Å². The number of para-hydroxylation sites is 1. The maximum absolute atomic E-state index is 11.9. The van der Waals surface area contributed by atoms with Crippen LogP contribution in [0.25, 0.3) is 10.9 Å². The molecule has 0 spiro atoms. The van der Waals surface area contributed by atoms with E-state index in [1.165, 1.54) is 12.1 Å². The number of nitrogens with zero attached hydrogens (tertiary/aromatic N) is 2. The Morgan fingerprint density at radius 2 is 1.65 bits per heavy atom. The zero-order valence-electron chi connectivity index (χ0n) is 11.3. The summed E-state index contributed by atoms with van der Waals surface area (Å²) in [6, 6.07) is 15.9. The zero-order chi connectivity index (χ0) is 14.2. The minimum Gasteiger partial charge on any atom is -0.370 e. The summed E-state index contributed by atoms with van der Waals surface area (Å²) >= 11 is 0. The molecule has 0 amide bonds. The summed E-state index contributed by atoms with van der Waals surface area (Å²) < 4.78 is 11.9. The maximum atomic E-state index is 11.9. The first kappa shape index (κ1) is 13.9. The van der Waals surface area contributed by atoms with Gasteiger partial charge < -0.3 is 5.32 Å². The van der Waals surface area contributed by atoms with Crippen LogP contribution in [0.15, 0.2) is 60.9 Å². The van der Waals surface area contributed by atoms with E-state index in [9.17, 15) is 4.39 Å². The highest BCUT2D eigenvalue weighted by molar-refractivity contribution is 5.88. The van der Waals surface area contributed by atoms with Gasteiger partial charge in [-0.05, 0) is 31.2 Å². The summed E-state index contributed by atoms with van der Waals surface area (Å²) in [7, 11) is 0. The number of halogens is 1. The van der Waals surface area contributed by atoms with Crippen LogP contribution in [0, 0.1) is 5.82 Å².